The summed E-state index contributed by atoms with van der Waals surface area (Å²) < 4.78 is 19.1. The molecule has 3 aromatic carbocycles. The highest BCUT2D eigenvalue weighted by Crippen LogP contribution is 2.26. The van der Waals surface area contributed by atoms with Crippen molar-refractivity contribution >= 4 is 34.3 Å². The van der Waals surface area contributed by atoms with Crippen LogP contribution in [0.1, 0.15) is 18.4 Å². The molecule has 0 fully saturated rings. The maximum Gasteiger partial charge on any atom is 0.290 e. The van der Waals surface area contributed by atoms with Crippen molar-refractivity contribution in [2.45, 2.75) is 18.4 Å². The Morgan fingerprint density at radius 3 is 2.72 bits per heavy atom. The fourth-order valence-electron chi connectivity index (χ4n) is 4.72. The Bertz CT molecular complexity index is 1620. The number of anilines is 1. The summed E-state index contributed by atoms with van der Waals surface area (Å²) in [5.74, 6) is -0.415. The molecule has 1 amide bonds. The van der Waals surface area contributed by atoms with E-state index in [9.17, 15) is 19.7 Å². The second-order valence-electron chi connectivity index (χ2n) is 8.64. The third kappa shape index (κ3) is 3.90. The lowest BCUT2D eigenvalue weighted by Gasteiger charge is -2.42. The van der Waals surface area contributed by atoms with E-state index in [1.807, 2.05) is 24.3 Å². The Morgan fingerprint density at radius 2 is 1.97 bits per heavy atom. The Labute approximate surface area is 206 Å². The summed E-state index contributed by atoms with van der Waals surface area (Å²) in [6, 6.07) is 20.4. The molecule has 36 heavy (non-hydrogen) atoms. The summed E-state index contributed by atoms with van der Waals surface area (Å²) in [5.41, 5.74) is 0.501. The van der Waals surface area contributed by atoms with Crippen LogP contribution in [0, 0.1) is 22.4 Å². The third-order valence-corrected chi connectivity index (χ3v) is 6.57. The molecule has 2 unspecified atom stereocenters. The van der Waals surface area contributed by atoms with Gasteiger partial charge in [-0.05, 0) is 59.8 Å². The number of carbonyl (C=O) groups is 1. The van der Waals surface area contributed by atoms with Gasteiger partial charge in [-0.15, -0.1) is 0 Å². The van der Waals surface area contributed by atoms with Crippen LogP contribution in [0.15, 0.2) is 72.9 Å². The monoisotopic (exact) mass is 482 g/mol. The molecule has 0 saturated carbocycles. The number of aromatic amines is 1. The predicted octanol–water partition coefficient (Wildman–Crippen LogP) is 2.33. The van der Waals surface area contributed by atoms with E-state index < -0.39 is 22.3 Å². The van der Waals surface area contributed by atoms with Gasteiger partial charge in [0, 0.05) is 40.7 Å². The molecule has 0 saturated heterocycles. The number of rotatable bonds is 6. The van der Waals surface area contributed by atoms with Gasteiger partial charge in [0.15, 0.2) is 0 Å². The van der Waals surface area contributed by atoms with Gasteiger partial charge in [0.1, 0.15) is 17.3 Å². The second kappa shape index (κ2) is 9.30. The molecule has 180 valence electrons. The van der Waals surface area contributed by atoms with E-state index in [0.29, 0.717) is 33.1 Å². The molecule has 0 radical (unpaired) electrons. The number of benzene rings is 3. The SMILES string of the molecule is COc1ccc2c(c1)=CC(CCC#N)(C(=O)Nc1c[nH]c3ccccc13)[NH+]([O-])C=2c1ccc(F)cc1. The molecule has 2 atom stereocenters. The van der Waals surface area contributed by atoms with Gasteiger partial charge in [0.05, 0.1) is 18.9 Å². The number of amides is 1. The fraction of sp³-hybridized carbons (Fsp3) is 0.143. The van der Waals surface area contributed by atoms with Crippen LogP contribution < -0.4 is 25.6 Å². The number of carbonyl (C=O) groups excluding carboxylic acids is 1. The number of H-pyrrole nitrogens is 1. The molecule has 8 heteroatoms. The van der Waals surface area contributed by atoms with E-state index in [2.05, 4.69) is 16.4 Å². The van der Waals surface area contributed by atoms with Gasteiger partial charge < -0.3 is 25.3 Å². The molecule has 4 aromatic rings. The molecule has 1 aromatic heterocycles. The van der Waals surface area contributed by atoms with E-state index in [4.69, 9.17) is 4.74 Å². The maximum atomic E-state index is 14.2. The lowest BCUT2D eigenvalue weighted by atomic mass is 9.85. The number of para-hydroxylation sites is 1. The molecule has 3 N–H and O–H groups in total. The van der Waals surface area contributed by atoms with Gasteiger partial charge >= 0.3 is 0 Å². The molecular weight excluding hydrogens is 459 g/mol. The van der Waals surface area contributed by atoms with Gasteiger partial charge in [-0.2, -0.15) is 5.26 Å². The first-order valence-corrected chi connectivity index (χ1v) is 11.4. The van der Waals surface area contributed by atoms with Gasteiger partial charge in [-0.25, -0.2) is 4.39 Å². The summed E-state index contributed by atoms with van der Waals surface area (Å²) in [6.45, 7) is 0. The first-order valence-electron chi connectivity index (χ1n) is 11.4. The minimum atomic E-state index is -1.66. The van der Waals surface area contributed by atoms with Gasteiger partial charge in [-0.3, -0.25) is 4.79 Å². The van der Waals surface area contributed by atoms with Crippen LogP contribution in [-0.2, 0) is 4.79 Å². The summed E-state index contributed by atoms with van der Waals surface area (Å²) in [7, 11) is 1.53. The molecule has 7 nitrogen and oxygen atoms in total. The van der Waals surface area contributed by atoms with Crippen molar-refractivity contribution in [3.8, 4) is 11.8 Å². The smallest absolute Gasteiger partial charge is 0.290 e. The number of nitriles is 1. The summed E-state index contributed by atoms with van der Waals surface area (Å²) in [5, 5.41) is 28.1. The summed E-state index contributed by atoms with van der Waals surface area (Å²) >= 11 is 0. The highest BCUT2D eigenvalue weighted by Gasteiger charge is 2.46. The summed E-state index contributed by atoms with van der Waals surface area (Å²) in [6.07, 6.45) is 3.27. The molecule has 0 bridgehead atoms. The number of hydrogen-bond acceptors (Lipinski definition) is 4. The highest BCUT2D eigenvalue weighted by molar-refractivity contribution is 6.07. The van der Waals surface area contributed by atoms with Crippen molar-refractivity contribution in [3.05, 3.63) is 100.0 Å². The number of nitrogens with one attached hydrogen (secondary N) is 3. The average Bonchev–Trinajstić information content (AvgIpc) is 3.30. The quantitative estimate of drug-likeness (QED) is 0.367. The van der Waals surface area contributed by atoms with Crippen LogP contribution >= 0.6 is 0 Å². The fourth-order valence-corrected chi connectivity index (χ4v) is 4.72. The molecule has 1 aliphatic heterocycles. The zero-order valence-electron chi connectivity index (χ0n) is 19.5. The Balaban J connectivity index is 1.71. The Morgan fingerprint density at radius 1 is 1.19 bits per heavy atom. The number of quaternary nitrogens is 1. The Kier molecular flexibility index (Phi) is 6.02. The van der Waals surface area contributed by atoms with E-state index in [1.165, 1.54) is 31.4 Å². The third-order valence-electron chi connectivity index (χ3n) is 6.57. The number of hydroxylamine groups is 2. The number of fused-ring (bicyclic) bond motifs is 2. The molecule has 0 aliphatic carbocycles. The van der Waals surface area contributed by atoms with Gasteiger partial charge in [-0.1, -0.05) is 18.2 Å². The zero-order valence-corrected chi connectivity index (χ0v) is 19.5. The van der Waals surface area contributed by atoms with Crippen molar-refractivity contribution in [3.63, 3.8) is 0 Å². The standard InChI is InChI=1S/C28H23FN4O3/c1-36-21-11-12-22-19(15-21)16-28(13-4-14-30,33(35)26(22)18-7-9-20(29)10-8-18)27(34)32-25-17-31-24-6-3-2-5-23(24)25/h2-3,5-12,15-17,31,33H,4,13H2,1H3,(H,32,34). The molecule has 0 spiro atoms. The molecule has 2 heterocycles. The van der Waals surface area contributed by atoms with Crippen LogP contribution in [0.2, 0.25) is 0 Å². The number of nitrogens with zero attached hydrogens (tertiary/aromatic N) is 1. The van der Waals surface area contributed by atoms with Crippen molar-refractivity contribution < 1.29 is 19.0 Å². The van der Waals surface area contributed by atoms with Gasteiger partial charge in [0.25, 0.3) is 5.91 Å². The minimum absolute atomic E-state index is 0.0143. The largest absolute Gasteiger partial charge is 0.628 e. The van der Waals surface area contributed by atoms with Crippen LogP contribution in [0.3, 0.4) is 0 Å². The zero-order chi connectivity index (χ0) is 25.3. The minimum Gasteiger partial charge on any atom is -0.628 e. The number of methoxy groups -OCH3 is 1. The predicted molar refractivity (Wildman–Crippen MR) is 134 cm³/mol. The highest BCUT2D eigenvalue weighted by atomic mass is 19.1. The average molecular weight is 483 g/mol. The molecule has 5 rings (SSSR count). The van der Waals surface area contributed by atoms with Crippen LogP contribution in [0.5, 0.6) is 5.75 Å². The molecular formula is C28H23FN4O3. The first kappa shape index (κ1) is 23.3. The number of hydrogen-bond donors (Lipinski definition) is 3. The lowest BCUT2D eigenvalue weighted by molar-refractivity contribution is -0.808. The number of halogens is 1. The topological polar surface area (TPSA) is 105 Å². The van der Waals surface area contributed by atoms with Gasteiger partial charge in [0.2, 0.25) is 5.54 Å². The number of ether oxygens (including phenoxy) is 1. The van der Waals surface area contributed by atoms with E-state index in [-0.39, 0.29) is 12.8 Å². The van der Waals surface area contributed by atoms with Crippen LogP contribution in [0.4, 0.5) is 10.1 Å². The van der Waals surface area contributed by atoms with E-state index >= 15 is 0 Å². The van der Waals surface area contributed by atoms with Crippen molar-refractivity contribution in [2.24, 2.45) is 0 Å². The Hall–Kier alpha value is -4.45. The normalized spacial score (nSPS) is 18.7. The lowest BCUT2D eigenvalue weighted by Crippen LogP contribution is -3.17. The van der Waals surface area contributed by atoms with Crippen molar-refractivity contribution in [2.75, 3.05) is 12.4 Å². The van der Waals surface area contributed by atoms with Crippen molar-refractivity contribution in [1.29, 1.82) is 5.26 Å². The summed E-state index contributed by atoms with van der Waals surface area (Å²) in [4.78, 5) is 17.1. The molecule has 1 aliphatic rings. The van der Waals surface area contributed by atoms with E-state index in [0.717, 1.165) is 10.9 Å². The second-order valence-corrected chi connectivity index (χ2v) is 8.64. The first-order chi connectivity index (χ1) is 17.5. The van der Waals surface area contributed by atoms with Crippen molar-refractivity contribution in [1.82, 2.24) is 4.98 Å². The van der Waals surface area contributed by atoms with Crippen LogP contribution in [-0.4, -0.2) is 23.5 Å². The maximum absolute atomic E-state index is 14.2. The number of aromatic nitrogens is 1. The van der Waals surface area contributed by atoms with Crippen LogP contribution in [0.25, 0.3) is 22.7 Å². The van der Waals surface area contributed by atoms with E-state index in [1.54, 1.807) is 30.5 Å².